The lowest BCUT2D eigenvalue weighted by Crippen LogP contribution is -2.23. The third-order valence-electron chi connectivity index (χ3n) is 3.14. The van der Waals surface area contributed by atoms with Crippen LogP contribution in [0.15, 0.2) is 9.32 Å². The Labute approximate surface area is 82.7 Å². The van der Waals surface area contributed by atoms with E-state index in [2.05, 4.69) is 21.6 Å². The van der Waals surface area contributed by atoms with Crippen molar-refractivity contribution in [3.63, 3.8) is 0 Å². The van der Waals surface area contributed by atoms with E-state index in [1.165, 1.54) is 32.1 Å². The number of rotatable bonds is 2. The minimum absolute atomic E-state index is 0.304. The van der Waals surface area contributed by atoms with Gasteiger partial charge >= 0.3 is 5.76 Å². The zero-order chi connectivity index (χ0) is 10.0. The lowest BCUT2D eigenvalue weighted by atomic mass is 9.73. The van der Waals surface area contributed by atoms with Crippen molar-refractivity contribution in [3.8, 4) is 0 Å². The Morgan fingerprint density at radius 2 is 2.14 bits per heavy atom. The van der Waals surface area contributed by atoms with E-state index in [1.807, 2.05) is 0 Å². The van der Waals surface area contributed by atoms with Crippen molar-refractivity contribution >= 4 is 0 Å². The Bertz CT molecular complexity index is 347. The van der Waals surface area contributed by atoms with Crippen LogP contribution in [0.3, 0.4) is 0 Å². The van der Waals surface area contributed by atoms with E-state index < -0.39 is 5.76 Å². The van der Waals surface area contributed by atoms with E-state index >= 15 is 0 Å². The Balaban J connectivity index is 2.05. The first-order chi connectivity index (χ1) is 6.68. The van der Waals surface area contributed by atoms with Crippen LogP contribution in [0, 0.1) is 5.41 Å². The van der Waals surface area contributed by atoms with Crippen LogP contribution in [0.4, 0.5) is 0 Å². The van der Waals surface area contributed by atoms with Gasteiger partial charge in [0.25, 0.3) is 0 Å². The summed E-state index contributed by atoms with van der Waals surface area (Å²) in [5, 5.41) is 3.71. The van der Waals surface area contributed by atoms with Gasteiger partial charge in [0.2, 0.25) is 0 Å². The molecule has 2 rings (SSSR count). The van der Waals surface area contributed by atoms with E-state index in [-0.39, 0.29) is 0 Å². The van der Waals surface area contributed by atoms with Crippen molar-refractivity contribution < 1.29 is 4.52 Å². The highest BCUT2D eigenvalue weighted by atomic mass is 16.5. The van der Waals surface area contributed by atoms with E-state index in [4.69, 9.17) is 0 Å². The van der Waals surface area contributed by atoms with Crippen LogP contribution < -0.4 is 5.76 Å². The average molecular weight is 196 g/mol. The van der Waals surface area contributed by atoms with E-state index in [9.17, 15) is 4.79 Å². The van der Waals surface area contributed by atoms with E-state index in [0.717, 1.165) is 6.42 Å². The number of aromatic amines is 1. The van der Waals surface area contributed by atoms with Crippen molar-refractivity contribution in [2.24, 2.45) is 5.41 Å². The minimum atomic E-state index is -0.445. The molecule has 1 aromatic rings. The van der Waals surface area contributed by atoms with Gasteiger partial charge in [0.05, 0.1) is 0 Å². The maximum atomic E-state index is 10.8. The zero-order valence-corrected chi connectivity index (χ0v) is 8.51. The van der Waals surface area contributed by atoms with Gasteiger partial charge in [-0.15, -0.1) is 0 Å². The smallest absolute Gasteiger partial charge is 0.296 e. The number of hydrogen-bond donors (Lipinski definition) is 1. The van der Waals surface area contributed by atoms with Crippen LogP contribution >= 0.6 is 0 Å². The molecule has 0 aliphatic heterocycles. The number of nitrogens with zero attached hydrogens (tertiary/aromatic N) is 1. The summed E-state index contributed by atoms with van der Waals surface area (Å²) in [5.74, 6) is 0.249. The van der Waals surface area contributed by atoms with Crippen LogP contribution in [0.2, 0.25) is 0 Å². The molecule has 1 N–H and O–H groups in total. The van der Waals surface area contributed by atoms with Gasteiger partial charge in [-0.3, -0.25) is 9.51 Å². The first-order valence-electron chi connectivity index (χ1n) is 5.23. The first kappa shape index (κ1) is 9.49. The van der Waals surface area contributed by atoms with Crippen LogP contribution in [0.1, 0.15) is 44.9 Å². The molecule has 78 valence electrons. The van der Waals surface area contributed by atoms with Crippen molar-refractivity contribution in [3.05, 3.63) is 16.4 Å². The predicted octanol–water partition coefficient (Wildman–Crippen LogP) is 1.88. The molecule has 4 nitrogen and oxygen atoms in total. The topological polar surface area (TPSA) is 58.9 Å². The SMILES string of the molecule is CC1(Cc2noc(=O)[nH]2)CCCCC1. The van der Waals surface area contributed by atoms with Crippen LogP contribution in [0.25, 0.3) is 0 Å². The highest BCUT2D eigenvalue weighted by molar-refractivity contribution is 4.90. The maximum absolute atomic E-state index is 10.8. The lowest BCUT2D eigenvalue weighted by Gasteiger charge is -2.32. The second kappa shape index (κ2) is 3.59. The molecule has 0 saturated heterocycles. The molecule has 0 spiro atoms. The Morgan fingerprint density at radius 1 is 1.43 bits per heavy atom. The number of aromatic nitrogens is 2. The Hall–Kier alpha value is -1.06. The monoisotopic (exact) mass is 196 g/mol. The summed E-state index contributed by atoms with van der Waals surface area (Å²) in [7, 11) is 0. The molecule has 0 amide bonds. The van der Waals surface area contributed by atoms with Crippen molar-refractivity contribution in [1.82, 2.24) is 10.1 Å². The summed E-state index contributed by atoms with van der Waals surface area (Å²) in [5.41, 5.74) is 0.304. The van der Waals surface area contributed by atoms with Crippen molar-refractivity contribution in [1.29, 1.82) is 0 Å². The average Bonchev–Trinajstić information content (AvgIpc) is 2.51. The van der Waals surface area contributed by atoms with Gasteiger partial charge in [-0.25, -0.2) is 4.79 Å². The fourth-order valence-corrected chi connectivity index (χ4v) is 2.32. The standard InChI is InChI=1S/C10H16N2O2/c1-10(5-3-2-4-6-10)7-8-11-9(13)14-12-8/h2-7H2,1H3,(H,11,12,13). The molecule has 1 aliphatic carbocycles. The number of nitrogens with one attached hydrogen (secondary N) is 1. The molecule has 0 atom stereocenters. The molecule has 0 radical (unpaired) electrons. The van der Waals surface area contributed by atoms with Crippen molar-refractivity contribution in [2.75, 3.05) is 0 Å². The summed E-state index contributed by atoms with van der Waals surface area (Å²) in [6.45, 7) is 2.26. The van der Waals surface area contributed by atoms with Gasteiger partial charge in [0.15, 0.2) is 5.82 Å². The van der Waals surface area contributed by atoms with Gasteiger partial charge in [-0.05, 0) is 18.3 Å². The fourth-order valence-electron chi connectivity index (χ4n) is 2.32. The zero-order valence-electron chi connectivity index (χ0n) is 8.51. The van der Waals surface area contributed by atoms with Gasteiger partial charge in [0, 0.05) is 6.42 Å². The van der Waals surface area contributed by atoms with Gasteiger partial charge in [0.1, 0.15) is 0 Å². The van der Waals surface area contributed by atoms with Gasteiger partial charge < -0.3 is 0 Å². The second-order valence-electron chi connectivity index (χ2n) is 4.59. The van der Waals surface area contributed by atoms with E-state index in [1.54, 1.807) is 0 Å². The second-order valence-corrected chi connectivity index (χ2v) is 4.59. The molecule has 0 aromatic carbocycles. The number of hydrogen-bond acceptors (Lipinski definition) is 3. The molecule has 0 bridgehead atoms. The summed E-state index contributed by atoms with van der Waals surface area (Å²) in [6, 6.07) is 0. The normalized spacial score (nSPS) is 20.9. The summed E-state index contributed by atoms with van der Waals surface area (Å²) in [4.78, 5) is 13.4. The van der Waals surface area contributed by atoms with Gasteiger partial charge in [-0.2, -0.15) is 0 Å². The summed E-state index contributed by atoms with van der Waals surface area (Å²) in [6.07, 6.45) is 7.20. The van der Waals surface area contributed by atoms with Crippen LogP contribution in [0.5, 0.6) is 0 Å². The molecule has 4 heteroatoms. The largest absolute Gasteiger partial charge is 0.438 e. The van der Waals surface area contributed by atoms with Crippen molar-refractivity contribution in [2.45, 2.75) is 45.4 Å². The molecule has 14 heavy (non-hydrogen) atoms. The minimum Gasteiger partial charge on any atom is -0.296 e. The summed E-state index contributed by atoms with van der Waals surface area (Å²) >= 11 is 0. The molecule has 1 saturated carbocycles. The molecular formula is C10H16N2O2. The molecule has 1 fully saturated rings. The molecule has 0 unspecified atom stereocenters. The van der Waals surface area contributed by atoms with Crippen LogP contribution in [-0.2, 0) is 6.42 Å². The molecule has 1 aromatic heterocycles. The third-order valence-corrected chi connectivity index (χ3v) is 3.14. The van der Waals surface area contributed by atoms with Gasteiger partial charge in [-0.1, -0.05) is 31.3 Å². The van der Waals surface area contributed by atoms with Crippen LogP contribution in [-0.4, -0.2) is 10.1 Å². The highest BCUT2D eigenvalue weighted by Gasteiger charge is 2.28. The highest BCUT2D eigenvalue weighted by Crippen LogP contribution is 2.37. The molecular weight excluding hydrogens is 180 g/mol. The maximum Gasteiger partial charge on any atom is 0.438 e. The number of H-pyrrole nitrogens is 1. The predicted molar refractivity (Wildman–Crippen MR) is 52.0 cm³/mol. The Morgan fingerprint density at radius 3 is 2.71 bits per heavy atom. The molecule has 1 heterocycles. The fraction of sp³-hybridized carbons (Fsp3) is 0.800. The lowest BCUT2D eigenvalue weighted by molar-refractivity contribution is 0.208. The first-order valence-corrected chi connectivity index (χ1v) is 5.23. The molecule has 1 aliphatic rings. The van der Waals surface area contributed by atoms with E-state index in [0.29, 0.717) is 11.2 Å². The Kier molecular flexibility index (Phi) is 2.44. The third kappa shape index (κ3) is 2.05. The summed E-state index contributed by atoms with van der Waals surface area (Å²) < 4.78 is 4.49. The quantitative estimate of drug-likeness (QED) is 0.785.